The van der Waals surface area contributed by atoms with Gasteiger partial charge in [-0.3, -0.25) is 4.79 Å². The number of carboxylic acids is 2. The largest absolute Gasteiger partial charge is 0.481 e. The van der Waals surface area contributed by atoms with Gasteiger partial charge >= 0.3 is 11.9 Å². The Morgan fingerprint density at radius 2 is 1.75 bits per heavy atom. The fourth-order valence-corrected chi connectivity index (χ4v) is 3.23. The monoisotopic (exact) mass is 400 g/mol. The van der Waals surface area contributed by atoms with Crippen LogP contribution in [-0.2, 0) is 17.1 Å². The molecule has 0 amide bonds. The Hall–Kier alpha value is -2.59. The Kier molecular flexibility index (Phi) is 8.76. The molecule has 1 atom stereocenters. The maximum absolute atomic E-state index is 11.0. The van der Waals surface area contributed by atoms with E-state index in [-0.39, 0.29) is 17.9 Å². The summed E-state index contributed by atoms with van der Waals surface area (Å²) in [6.45, 7) is 0. The fraction of sp³-hybridized carbons (Fsp3) is 0.304. The first-order valence-corrected chi connectivity index (χ1v) is 9.88. The summed E-state index contributed by atoms with van der Waals surface area (Å²) in [7, 11) is 0. The van der Waals surface area contributed by atoms with Crippen LogP contribution in [0.25, 0.3) is 6.08 Å². The summed E-state index contributed by atoms with van der Waals surface area (Å²) in [5, 5.41) is 17.8. The molecule has 2 rings (SSSR count). The van der Waals surface area contributed by atoms with Gasteiger partial charge in [-0.15, -0.1) is 11.6 Å². The first-order valence-electron chi connectivity index (χ1n) is 9.35. The number of alkyl halides is 1. The van der Waals surface area contributed by atoms with Crippen LogP contribution in [0.3, 0.4) is 0 Å². The minimum atomic E-state index is -0.934. The summed E-state index contributed by atoms with van der Waals surface area (Å²) >= 11 is 5.90. The zero-order chi connectivity index (χ0) is 20.4. The van der Waals surface area contributed by atoms with E-state index in [4.69, 9.17) is 21.8 Å². The van der Waals surface area contributed by atoms with Crippen LogP contribution >= 0.6 is 11.6 Å². The first-order chi connectivity index (χ1) is 13.5. The topological polar surface area (TPSA) is 74.6 Å². The molecule has 28 heavy (non-hydrogen) atoms. The Labute approximate surface area is 170 Å². The third-order valence-corrected chi connectivity index (χ3v) is 4.89. The molecule has 2 aromatic rings. The van der Waals surface area contributed by atoms with Crippen molar-refractivity contribution < 1.29 is 19.8 Å². The van der Waals surface area contributed by atoms with E-state index in [1.807, 2.05) is 36.4 Å². The molecule has 5 heteroatoms. The predicted octanol–water partition coefficient (Wildman–Crippen LogP) is 5.64. The van der Waals surface area contributed by atoms with Crippen LogP contribution in [0.5, 0.6) is 0 Å². The van der Waals surface area contributed by atoms with Gasteiger partial charge in [-0.25, -0.2) is 4.79 Å². The van der Waals surface area contributed by atoms with Crippen molar-refractivity contribution in [2.45, 2.75) is 38.0 Å². The van der Waals surface area contributed by atoms with Gasteiger partial charge in [0.2, 0.25) is 0 Å². The lowest BCUT2D eigenvalue weighted by Gasteiger charge is -2.13. The molecule has 0 spiro atoms. The number of benzene rings is 2. The Bertz CT molecular complexity index is 812. The van der Waals surface area contributed by atoms with E-state index in [9.17, 15) is 9.59 Å². The van der Waals surface area contributed by atoms with Gasteiger partial charge in [0.25, 0.3) is 0 Å². The number of carbonyl (C=O) groups is 2. The highest BCUT2D eigenvalue weighted by atomic mass is 35.5. The number of halogens is 1. The van der Waals surface area contributed by atoms with E-state index >= 15 is 0 Å². The van der Waals surface area contributed by atoms with Crippen molar-refractivity contribution >= 4 is 29.6 Å². The van der Waals surface area contributed by atoms with Gasteiger partial charge in [-0.05, 0) is 54.0 Å². The van der Waals surface area contributed by atoms with Crippen LogP contribution in [0.1, 0.15) is 52.7 Å². The molecular weight excluding hydrogens is 376 g/mol. The molecule has 0 saturated carbocycles. The molecule has 0 bridgehead atoms. The van der Waals surface area contributed by atoms with Crippen LogP contribution in [0.2, 0.25) is 0 Å². The van der Waals surface area contributed by atoms with Crippen molar-refractivity contribution in [2.75, 3.05) is 0 Å². The predicted molar refractivity (Wildman–Crippen MR) is 112 cm³/mol. The van der Waals surface area contributed by atoms with Gasteiger partial charge in [-0.1, -0.05) is 55.0 Å². The number of aromatic carboxylic acids is 1. The normalized spacial score (nSPS) is 12.2. The van der Waals surface area contributed by atoms with E-state index in [1.165, 1.54) is 0 Å². The summed E-state index contributed by atoms with van der Waals surface area (Å²) in [5.41, 5.74) is 3.48. The lowest BCUT2D eigenvalue weighted by molar-refractivity contribution is -0.137. The second-order valence-corrected chi connectivity index (χ2v) is 7.11. The molecule has 4 nitrogen and oxygen atoms in total. The minimum absolute atomic E-state index is 0.182. The van der Waals surface area contributed by atoms with Crippen molar-refractivity contribution in [3.63, 3.8) is 0 Å². The molecule has 2 N–H and O–H groups in total. The Balaban J connectivity index is 2.07. The molecule has 0 aromatic heterocycles. The average molecular weight is 401 g/mol. The highest BCUT2D eigenvalue weighted by Crippen LogP contribution is 2.20. The number of carboxylic acid groups (broad SMARTS) is 2. The van der Waals surface area contributed by atoms with Crippen molar-refractivity contribution in [3.05, 3.63) is 76.9 Å². The van der Waals surface area contributed by atoms with E-state index in [1.54, 1.807) is 12.1 Å². The summed E-state index contributed by atoms with van der Waals surface area (Å²) in [6, 6.07) is 15.0. The van der Waals surface area contributed by atoms with Crippen molar-refractivity contribution in [2.24, 2.45) is 5.92 Å². The second kappa shape index (κ2) is 11.3. The molecule has 0 heterocycles. The molecule has 0 fully saturated rings. The molecule has 2 aromatic carbocycles. The molecule has 0 saturated heterocycles. The standard InChI is InChI=1S/C23H25ClO4/c24-16-20-6-3-5-18(15-20)9-8-17(4-1-2-7-22(25)26)14-19-10-12-21(13-11-19)23(27)28/h3,5-6,8-13,15,17H,1-2,4,7,14,16H2,(H,25,26)(H,27,28)/b9-8+. The van der Waals surface area contributed by atoms with Crippen LogP contribution in [0, 0.1) is 5.92 Å². The zero-order valence-electron chi connectivity index (χ0n) is 15.7. The van der Waals surface area contributed by atoms with Gasteiger partial charge < -0.3 is 10.2 Å². The summed E-state index contributed by atoms with van der Waals surface area (Å²) in [6.07, 6.45) is 7.54. The lowest BCUT2D eigenvalue weighted by Crippen LogP contribution is -2.04. The van der Waals surface area contributed by atoms with Crippen LogP contribution in [0.4, 0.5) is 0 Å². The van der Waals surface area contributed by atoms with Crippen molar-refractivity contribution in [3.8, 4) is 0 Å². The van der Waals surface area contributed by atoms with Crippen molar-refractivity contribution in [1.29, 1.82) is 0 Å². The number of unbranched alkanes of at least 4 members (excludes halogenated alkanes) is 1. The Morgan fingerprint density at radius 3 is 2.39 bits per heavy atom. The molecular formula is C23H25ClO4. The van der Waals surface area contributed by atoms with E-state index in [0.717, 1.165) is 36.0 Å². The number of rotatable bonds is 11. The highest BCUT2D eigenvalue weighted by Gasteiger charge is 2.09. The number of hydrogen-bond acceptors (Lipinski definition) is 2. The zero-order valence-corrected chi connectivity index (χ0v) is 16.4. The summed E-state index contributed by atoms with van der Waals surface area (Å²) < 4.78 is 0. The van der Waals surface area contributed by atoms with E-state index in [0.29, 0.717) is 12.3 Å². The molecule has 0 aliphatic rings. The number of hydrogen-bond donors (Lipinski definition) is 2. The second-order valence-electron chi connectivity index (χ2n) is 6.84. The highest BCUT2D eigenvalue weighted by molar-refractivity contribution is 6.17. The van der Waals surface area contributed by atoms with Crippen LogP contribution < -0.4 is 0 Å². The third-order valence-electron chi connectivity index (χ3n) is 4.58. The van der Waals surface area contributed by atoms with Crippen LogP contribution in [0.15, 0.2) is 54.6 Å². The van der Waals surface area contributed by atoms with Gasteiger partial charge in [0.15, 0.2) is 0 Å². The number of allylic oxidation sites excluding steroid dienone is 1. The maximum atomic E-state index is 11.0. The smallest absolute Gasteiger partial charge is 0.335 e. The fourth-order valence-electron chi connectivity index (χ4n) is 3.06. The van der Waals surface area contributed by atoms with Gasteiger partial charge in [-0.2, -0.15) is 0 Å². The minimum Gasteiger partial charge on any atom is -0.481 e. The van der Waals surface area contributed by atoms with E-state index < -0.39 is 11.9 Å². The molecule has 0 radical (unpaired) electrons. The SMILES string of the molecule is O=C(O)CCCCC(/C=C/c1cccc(CCl)c1)Cc1ccc(C(=O)O)cc1. The molecule has 1 unspecified atom stereocenters. The van der Waals surface area contributed by atoms with E-state index in [2.05, 4.69) is 12.2 Å². The third kappa shape index (κ3) is 7.57. The first kappa shape index (κ1) is 21.7. The molecule has 0 aliphatic carbocycles. The average Bonchev–Trinajstić information content (AvgIpc) is 2.69. The van der Waals surface area contributed by atoms with Gasteiger partial charge in [0.05, 0.1) is 5.56 Å². The number of aliphatic carboxylic acids is 1. The van der Waals surface area contributed by atoms with Gasteiger partial charge in [0.1, 0.15) is 0 Å². The van der Waals surface area contributed by atoms with Crippen LogP contribution in [-0.4, -0.2) is 22.2 Å². The van der Waals surface area contributed by atoms with Gasteiger partial charge in [0, 0.05) is 12.3 Å². The maximum Gasteiger partial charge on any atom is 0.335 e. The Morgan fingerprint density at radius 1 is 1.00 bits per heavy atom. The molecule has 0 aliphatic heterocycles. The quantitative estimate of drug-likeness (QED) is 0.378. The lowest BCUT2D eigenvalue weighted by atomic mass is 9.92. The van der Waals surface area contributed by atoms with Crippen molar-refractivity contribution in [1.82, 2.24) is 0 Å². The summed E-state index contributed by atoms with van der Waals surface area (Å²) in [5.74, 6) is -0.995. The summed E-state index contributed by atoms with van der Waals surface area (Å²) in [4.78, 5) is 21.7. The molecule has 148 valence electrons.